The van der Waals surface area contributed by atoms with Crippen molar-refractivity contribution in [2.24, 2.45) is 10.7 Å². The van der Waals surface area contributed by atoms with E-state index in [-0.39, 0.29) is 0 Å². The minimum absolute atomic E-state index is 0.637. The van der Waals surface area contributed by atoms with Crippen LogP contribution in [0.1, 0.15) is 0 Å². The maximum atomic E-state index is 10.4. The number of primary amides is 1. The number of nitrogens with zero attached hydrogens (tertiary/aromatic N) is 2. The molecule has 52 valence electrons. The number of amidine groups is 1. The van der Waals surface area contributed by atoms with Gasteiger partial charge in [0.1, 0.15) is 0 Å². The normalized spacial score (nSPS) is 11.1. The molecule has 0 radical (unpaired) electrons. The van der Waals surface area contributed by atoms with E-state index in [1.54, 1.807) is 0 Å². The van der Waals surface area contributed by atoms with Crippen molar-refractivity contribution < 1.29 is 9.90 Å². The van der Waals surface area contributed by atoms with E-state index in [0.29, 0.717) is 0 Å². The summed E-state index contributed by atoms with van der Waals surface area (Å²) in [4.78, 5) is 14.0. The molecule has 0 rings (SSSR count). The van der Waals surface area contributed by atoms with Gasteiger partial charge in [-0.2, -0.15) is 4.99 Å². The van der Waals surface area contributed by atoms with Gasteiger partial charge in [-0.05, 0) is 0 Å². The van der Waals surface area contributed by atoms with Gasteiger partial charge in [0, 0.05) is 14.1 Å². The molecule has 0 unspecified atom stereocenters. The smallest absolute Gasteiger partial charge is 0.339 e. The van der Waals surface area contributed by atoms with Gasteiger partial charge in [-0.25, -0.2) is 4.79 Å². The largest absolute Gasteiger partial charge is 0.846 e. The van der Waals surface area contributed by atoms with Gasteiger partial charge >= 0.3 is 6.03 Å². The van der Waals surface area contributed by atoms with Crippen LogP contribution in [0.15, 0.2) is 4.99 Å². The molecule has 5 nitrogen and oxygen atoms in total. The predicted octanol–water partition coefficient (Wildman–Crippen LogP) is -1.66. The number of amides is 2. The highest BCUT2D eigenvalue weighted by Gasteiger charge is 1.87. The van der Waals surface area contributed by atoms with Crippen molar-refractivity contribution in [2.75, 3.05) is 14.1 Å². The van der Waals surface area contributed by atoms with Crippen molar-refractivity contribution >= 4 is 12.1 Å². The third-order valence-corrected chi connectivity index (χ3v) is 0.588. The highest BCUT2D eigenvalue weighted by molar-refractivity contribution is 5.86. The van der Waals surface area contributed by atoms with Crippen molar-refractivity contribution in [1.82, 2.24) is 4.90 Å². The minimum atomic E-state index is -0.964. The van der Waals surface area contributed by atoms with Gasteiger partial charge in [0.2, 0.25) is 0 Å². The van der Waals surface area contributed by atoms with Gasteiger partial charge in [0.15, 0.2) is 0 Å². The van der Waals surface area contributed by atoms with Crippen molar-refractivity contribution in [2.45, 2.75) is 0 Å². The fourth-order valence-corrected chi connectivity index (χ4v) is 0.194. The van der Waals surface area contributed by atoms with Gasteiger partial charge in [-0.1, -0.05) is 0 Å². The lowest BCUT2D eigenvalue weighted by molar-refractivity contribution is -0.231. The van der Waals surface area contributed by atoms with Gasteiger partial charge in [-0.3, -0.25) is 0 Å². The first kappa shape index (κ1) is 7.74. The second kappa shape index (κ2) is 2.91. The first-order chi connectivity index (χ1) is 4.04. The Morgan fingerprint density at radius 2 is 2.11 bits per heavy atom. The maximum absolute atomic E-state index is 10.4. The van der Waals surface area contributed by atoms with Gasteiger partial charge in [-0.15, -0.1) is 0 Å². The van der Waals surface area contributed by atoms with Crippen LogP contribution in [-0.2, 0) is 0 Å². The number of hydrogen-bond acceptors (Lipinski definition) is 2. The van der Waals surface area contributed by atoms with Crippen LogP contribution in [0.3, 0.4) is 0 Å². The van der Waals surface area contributed by atoms with Crippen LogP contribution in [0.4, 0.5) is 4.79 Å². The Kier molecular flexibility index (Phi) is 2.50. The molecule has 2 N–H and O–H groups in total. The number of carbonyl (C=O) groups is 1. The predicted molar refractivity (Wildman–Crippen MR) is 30.7 cm³/mol. The van der Waals surface area contributed by atoms with Crippen LogP contribution >= 0.6 is 0 Å². The average Bonchev–Trinajstić information content (AvgIpc) is 1.63. The molecule has 0 aliphatic rings. The van der Waals surface area contributed by atoms with Crippen molar-refractivity contribution in [3.63, 3.8) is 0 Å². The summed E-state index contributed by atoms with van der Waals surface area (Å²) in [6, 6.07) is -1.60. The molecule has 0 saturated heterocycles. The lowest BCUT2D eigenvalue weighted by Gasteiger charge is -2.18. The Morgan fingerprint density at radius 1 is 1.67 bits per heavy atom. The topological polar surface area (TPSA) is 81.8 Å². The van der Waals surface area contributed by atoms with Crippen LogP contribution in [0, 0.1) is 0 Å². The van der Waals surface area contributed by atoms with E-state index < -0.39 is 12.1 Å². The molecular formula is C4H8N3O2-. The molecule has 0 spiro atoms. The van der Waals surface area contributed by atoms with Gasteiger partial charge in [0.25, 0.3) is 0 Å². The van der Waals surface area contributed by atoms with Crippen LogP contribution in [-0.4, -0.2) is 31.0 Å². The van der Waals surface area contributed by atoms with E-state index in [2.05, 4.69) is 10.7 Å². The summed E-state index contributed by atoms with van der Waals surface area (Å²) < 4.78 is 0. The summed E-state index contributed by atoms with van der Waals surface area (Å²) >= 11 is 0. The molecule has 0 aliphatic carbocycles. The second-order valence-corrected chi connectivity index (χ2v) is 1.63. The standard InChI is InChI=1S/C4H9N3O2/c1-7(2)4(9)6-3(5)8/h1-2H3,(H3,5,6,8,9)/p-1. The molecule has 0 aromatic heterocycles. The molecule has 2 amide bonds. The molecule has 0 atom stereocenters. The quantitative estimate of drug-likeness (QED) is 0.315. The SMILES string of the molecule is CN(C)/C([O-])=N\C(N)=O. The Hall–Kier alpha value is -1.26. The first-order valence-electron chi connectivity index (χ1n) is 2.26. The third kappa shape index (κ3) is 3.33. The zero-order valence-electron chi connectivity index (χ0n) is 5.29. The van der Waals surface area contributed by atoms with Crippen molar-refractivity contribution in [3.8, 4) is 0 Å². The Labute approximate surface area is 52.8 Å². The van der Waals surface area contributed by atoms with E-state index in [1.807, 2.05) is 0 Å². The van der Waals surface area contributed by atoms with E-state index in [1.165, 1.54) is 14.1 Å². The number of carbonyl (C=O) groups excluding carboxylic acids is 1. The van der Waals surface area contributed by atoms with E-state index in [0.717, 1.165) is 4.90 Å². The minimum Gasteiger partial charge on any atom is -0.846 e. The Morgan fingerprint density at radius 3 is 2.22 bits per heavy atom. The molecule has 5 heteroatoms. The van der Waals surface area contributed by atoms with Crippen LogP contribution < -0.4 is 10.8 Å². The summed E-state index contributed by atoms with van der Waals surface area (Å²) in [5, 5.41) is 10.4. The zero-order valence-corrected chi connectivity index (χ0v) is 5.29. The fourth-order valence-electron chi connectivity index (χ4n) is 0.194. The lowest BCUT2D eigenvalue weighted by atomic mass is 10.8. The number of aliphatic imine (C=N–C) groups is 1. The molecule has 0 saturated carbocycles. The number of hydrogen-bond donors (Lipinski definition) is 1. The molecule has 0 aromatic rings. The molecule has 0 aliphatic heterocycles. The molecule has 0 aromatic carbocycles. The Balaban J connectivity index is 4.00. The van der Waals surface area contributed by atoms with Crippen molar-refractivity contribution in [1.29, 1.82) is 0 Å². The monoisotopic (exact) mass is 130 g/mol. The number of urea groups is 1. The summed E-state index contributed by atoms with van der Waals surface area (Å²) in [6.07, 6.45) is 0. The second-order valence-electron chi connectivity index (χ2n) is 1.63. The van der Waals surface area contributed by atoms with E-state index in [4.69, 9.17) is 0 Å². The summed E-state index contributed by atoms with van der Waals surface area (Å²) in [7, 11) is 2.96. The number of rotatable bonds is 0. The first-order valence-corrected chi connectivity index (χ1v) is 2.26. The van der Waals surface area contributed by atoms with Gasteiger partial charge in [0.05, 0.1) is 6.02 Å². The molecule has 0 fully saturated rings. The summed E-state index contributed by atoms with van der Waals surface area (Å²) in [5.41, 5.74) is 4.58. The molecular weight excluding hydrogens is 122 g/mol. The highest BCUT2D eigenvalue weighted by atomic mass is 16.3. The summed E-state index contributed by atoms with van der Waals surface area (Å²) in [5.74, 6) is 0. The van der Waals surface area contributed by atoms with Gasteiger partial charge < -0.3 is 15.7 Å². The average molecular weight is 130 g/mol. The zero-order chi connectivity index (χ0) is 7.44. The Bertz CT molecular complexity index is 141. The summed E-state index contributed by atoms with van der Waals surface area (Å²) in [6.45, 7) is 0. The van der Waals surface area contributed by atoms with Crippen LogP contribution in [0.2, 0.25) is 0 Å². The lowest BCUT2D eigenvalue weighted by Crippen LogP contribution is -2.35. The maximum Gasteiger partial charge on any atom is 0.339 e. The van der Waals surface area contributed by atoms with Crippen LogP contribution in [0.25, 0.3) is 0 Å². The molecule has 0 bridgehead atoms. The highest BCUT2D eigenvalue weighted by Crippen LogP contribution is 1.73. The molecule has 0 heterocycles. The van der Waals surface area contributed by atoms with E-state index >= 15 is 0 Å². The third-order valence-electron chi connectivity index (χ3n) is 0.588. The van der Waals surface area contributed by atoms with E-state index in [9.17, 15) is 9.90 Å². The fraction of sp³-hybridized carbons (Fsp3) is 0.500. The number of nitrogens with two attached hydrogens (primary N) is 1. The van der Waals surface area contributed by atoms with Crippen LogP contribution in [0.5, 0.6) is 0 Å². The molecule has 9 heavy (non-hydrogen) atoms. The van der Waals surface area contributed by atoms with Crippen molar-refractivity contribution in [3.05, 3.63) is 0 Å².